The molecular formula is C23H41NO6. The number of allylic oxidation sites excluding steroid dienone is 1. The van der Waals surface area contributed by atoms with Crippen LogP contribution in [0.5, 0.6) is 0 Å². The Morgan fingerprint density at radius 3 is 1.60 bits per heavy atom. The zero-order valence-electron chi connectivity index (χ0n) is 18.7. The van der Waals surface area contributed by atoms with Gasteiger partial charge in [-0.25, -0.2) is 0 Å². The summed E-state index contributed by atoms with van der Waals surface area (Å²) < 4.78 is 0.0460. The van der Waals surface area contributed by atoms with Gasteiger partial charge in [0.05, 0.1) is 38.7 Å². The number of hydrogen-bond donors (Lipinski definition) is 2. The third-order valence-corrected chi connectivity index (χ3v) is 5.45. The summed E-state index contributed by atoms with van der Waals surface area (Å²) in [5, 5.41) is 29.0. The molecule has 0 spiro atoms. The molecule has 0 aliphatic heterocycles. The number of unbranched alkanes of at least 4 members (excludes halogenated alkanes) is 10. The van der Waals surface area contributed by atoms with Gasteiger partial charge in [0.25, 0.3) is 0 Å². The molecule has 0 heterocycles. The average molecular weight is 428 g/mol. The van der Waals surface area contributed by atoms with Gasteiger partial charge in [0.15, 0.2) is 0 Å². The van der Waals surface area contributed by atoms with Crippen molar-refractivity contribution in [2.24, 2.45) is 0 Å². The normalized spacial score (nSPS) is 11.8. The molecule has 0 saturated heterocycles. The van der Waals surface area contributed by atoms with Gasteiger partial charge in [0, 0.05) is 12.4 Å². The average Bonchev–Trinajstić information content (AvgIpc) is 2.69. The molecule has 7 heteroatoms. The van der Waals surface area contributed by atoms with Crippen LogP contribution in [0.1, 0.15) is 96.8 Å². The first kappa shape index (κ1) is 28.1. The van der Waals surface area contributed by atoms with E-state index in [9.17, 15) is 19.5 Å². The number of nitrogens with zero attached hydrogens (tertiary/aromatic N) is 1. The third-order valence-electron chi connectivity index (χ3n) is 5.45. The van der Waals surface area contributed by atoms with Gasteiger partial charge < -0.3 is 20.1 Å². The summed E-state index contributed by atoms with van der Waals surface area (Å²) in [6.45, 7) is 2.70. The molecule has 0 aromatic rings. The van der Waals surface area contributed by atoms with E-state index >= 15 is 0 Å². The van der Waals surface area contributed by atoms with Crippen molar-refractivity contribution < 1.29 is 34.2 Å². The van der Waals surface area contributed by atoms with E-state index in [-0.39, 0.29) is 43.4 Å². The van der Waals surface area contributed by atoms with E-state index in [2.05, 4.69) is 6.92 Å². The van der Waals surface area contributed by atoms with Gasteiger partial charge in [-0.1, -0.05) is 64.7 Å². The molecule has 7 nitrogen and oxygen atoms in total. The van der Waals surface area contributed by atoms with Gasteiger partial charge in [0.1, 0.15) is 0 Å². The second-order valence-corrected chi connectivity index (χ2v) is 8.15. The summed E-state index contributed by atoms with van der Waals surface area (Å²) in [4.78, 5) is 33.0. The summed E-state index contributed by atoms with van der Waals surface area (Å²) in [5.74, 6) is -3.18. The lowest BCUT2D eigenvalue weighted by atomic mass is 10.1. The van der Waals surface area contributed by atoms with Crippen molar-refractivity contribution in [3.8, 4) is 0 Å². The van der Waals surface area contributed by atoms with Crippen molar-refractivity contribution in [1.82, 2.24) is 0 Å². The van der Waals surface area contributed by atoms with Gasteiger partial charge in [-0.15, -0.1) is 0 Å². The lowest BCUT2D eigenvalue weighted by Crippen LogP contribution is -2.48. The quantitative estimate of drug-likeness (QED) is 0.213. The minimum atomic E-state index is -1.22. The molecule has 0 rings (SSSR count). The van der Waals surface area contributed by atoms with Crippen LogP contribution in [-0.2, 0) is 14.4 Å². The Morgan fingerprint density at radius 2 is 1.17 bits per heavy atom. The summed E-state index contributed by atoms with van der Waals surface area (Å²) >= 11 is 0. The Balaban J connectivity index is 4.46. The van der Waals surface area contributed by atoms with Crippen molar-refractivity contribution in [1.29, 1.82) is 0 Å². The van der Waals surface area contributed by atoms with Crippen LogP contribution >= 0.6 is 0 Å². The number of carbonyl (C=O) groups excluding carboxylic acids is 1. The molecule has 0 unspecified atom stereocenters. The number of rotatable bonds is 21. The number of carbonyl (C=O) groups is 3. The summed E-state index contributed by atoms with van der Waals surface area (Å²) in [7, 11) is 0. The van der Waals surface area contributed by atoms with Crippen molar-refractivity contribution in [2.45, 2.75) is 96.8 Å². The van der Waals surface area contributed by atoms with Gasteiger partial charge in [-0.2, -0.15) is 0 Å². The molecule has 0 radical (unpaired) electrons. The fourth-order valence-corrected chi connectivity index (χ4v) is 3.56. The maximum Gasteiger partial charge on any atom is 0.309 e. The number of carboxylic acid groups (broad SMARTS) is 3. The predicted molar refractivity (Wildman–Crippen MR) is 115 cm³/mol. The maximum atomic E-state index is 11.0. The smallest absolute Gasteiger partial charge is 0.309 e. The van der Waals surface area contributed by atoms with E-state index in [0.717, 1.165) is 19.3 Å². The maximum absolute atomic E-state index is 11.0. The zero-order chi connectivity index (χ0) is 22.7. The first-order valence-electron chi connectivity index (χ1n) is 11.5. The first-order chi connectivity index (χ1) is 14.3. The van der Waals surface area contributed by atoms with Crippen LogP contribution in [0, 0.1) is 0 Å². The fourth-order valence-electron chi connectivity index (χ4n) is 3.56. The highest BCUT2D eigenvalue weighted by atomic mass is 16.4. The SMILES string of the molecule is CCCCCCCCCCCC/C=C/[N+](CCC(=O)[O-])(CCC(=O)O)CCC(=O)O. The van der Waals surface area contributed by atoms with Crippen LogP contribution in [-0.4, -0.2) is 52.2 Å². The van der Waals surface area contributed by atoms with Crippen molar-refractivity contribution in [3.05, 3.63) is 12.3 Å². The Kier molecular flexibility index (Phi) is 16.8. The molecule has 2 N–H and O–H groups in total. The minimum Gasteiger partial charge on any atom is -0.550 e. The monoisotopic (exact) mass is 427 g/mol. The first-order valence-corrected chi connectivity index (χ1v) is 11.5. The highest BCUT2D eigenvalue weighted by Gasteiger charge is 2.26. The number of quaternary nitrogens is 1. The van der Waals surface area contributed by atoms with Crippen LogP contribution in [0.2, 0.25) is 0 Å². The van der Waals surface area contributed by atoms with Gasteiger partial charge >= 0.3 is 11.9 Å². The van der Waals surface area contributed by atoms with E-state index in [0.29, 0.717) is 0 Å². The van der Waals surface area contributed by atoms with Crippen LogP contribution in [0.3, 0.4) is 0 Å². The summed E-state index contributed by atoms with van der Waals surface area (Å²) in [6.07, 6.45) is 16.5. The van der Waals surface area contributed by atoms with Crippen molar-refractivity contribution in [2.75, 3.05) is 19.6 Å². The second kappa shape index (κ2) is 17.9. The highest BCUT2D eigenvalue weighted by molar-refractivity contribution is 5.67. The van der Waals surface area contributed by atoms with E-state index < -0.39 is 17.9 Å². The Bertz CT molecular complexity index is 472. The van der Waals surface area contributed by atoms with Crippen LogP contribution < -0.4 is 5.11 Å². The molecule has 0 aliphatic rings. The van der Waals surface area contributed by atoms with Gasteiger partial charge in [-0.3, -0.25) is 14.1 Å². The Morgan fingerprint density at radius 1 is 0.733 bits per heavy atom. The molecule has 0 atom stereocenters. The topological polar surface area (TPSA) is 115 Å². The molecule has 0 bridgehead atoms. The molecule has 0 fully saturated rings. The van der Waals surface area contributed by atoms with Crippen LogP contribution in [0.15, 0.2) is 12.3 Å². The molecule has 0 amide bonds. The lowest BCUT2D eigenvalue weighted by molar-refractivity contribution is -0.878. The van der Waals surface area contributed by atoms with Crippen molar-refractivity contribution in [3.63, 3.8) is 0 Å². The van der Waals surface area contributed by atoms with E-state index in [1.165, 1.54) is 51.4 Å². The fraction of sp³-hybridized carbons (Fsp3) is 0.783. The number of aliphatic carboxylic acids is 3. The van der Waals surface area contributed by atoms with Crippen LogP contribution in [0.4, 0.5) is 0 Å². The van der Waals surface area contributed by atoms with Gasteiger partial charge in [-0.05, 0) is 18.9 Å². The van der Waals surface area contributed by atoms with E-state index in [1.54, 1.807) is 0 Å². The standard InChI is InChI=1S/C23H41NO6/c1-2-3-4-5-6-7-8-9-10-11-12-13-17-24(18-14-21(25)26,19-15-22(27)28)20-16-23(29)30/h13,17H,2-12,14-16,18-20H2,1H3,(H2-,25,26,27,28,29,30)/b17-13+. The third kappa shape index (κ3) is 17.0. The van der Waals surface area contributed by atoms with E-state index in [1.807, 2.05) is 12.3 Å². The lowest BCUT2D eigenvalue weighted by Gasteiger charge is -2.34. The predicted octanol–water partition coefficient (Wildman–Crippen LogP) is 3.72. The van der Waals surface area contributed by atoms with Crippen molar-refractivity contribution >= 4 is 17.9 Å². The van der Waals surface area contributed by atoms with Gasteiger partial charge in [0.2, 0.25) is 0 Å². The molecule has 0 aliphatic carbocycles. The van der Waals surface area contributed by atoms with E-state index in [4.69, 9.17) is 10.2 Å². The molecule has 0 saturated carbocycles. The minimum absolute atomic E-state index is 0.0460. The number of carboxylic acids is 3. The zero-order valence-corrected chi connectivity index (χ0v) is 18.7. The highest BCUT2D eigenvalue weighted by Crippen LogP contribution is 2.16. The largest absolute Gasteiger partial charge is 0.550 e. The van der Waals surface area contributed by atoms with Crippen LogP contribution in [0.25, 0.3) is 0 Å². The second-order valence-electron chi connectivity index (χ2n) is 8.15. The molecule has 0 aromatic heterocycles. The molecule has 0 aromatic carbocycles. The molecular weight excluding hydrogens is 386 g/mol. The molecule has 30 heavy (non-hydrogen) atoms. The molecule has 174 valence electrons. The Labute approximate surface area is 181 Å². The summed E-state index contributed by atoms with van der Waals surface area (Å²) in [6, 6.07) is 0. The number of hydrogen-bond acceptors (Lipinski definition) is 4. The summed E-state index contributed by atoms with van der Waals surface area (Å²) in [5.41, 5.74) is 0. The Hall–Kier alpha value is -1.89.